The molecule has 5 heteroatoms. The van der Waals surface area contributed by atoms with Crippen molar-refractivity contribution in [1.29, 1.82) is 5.26 Å². The van der Waals surface area contributed by atoms with Crippen molar-refractivity contribution in [2.75, 3.05) is 0 Å². The van der Waals surface area contributed by atoms with Crippen molar-refractivity contribution in [3.8, 4) is 6.07 Å². The number of carbonyl (C=O) groups excluding carboxylic acids is 1. The number of allylic oxidation sites excluding steroid dienone is 1. The quantitative estimate of drug-likeness (QED) is 0.649. The summed E-state index contributed by atoms with van der Waals surface area (Å²) in [5, 5.41) is 8.68. The molecule has 0 bridgehead atoms. The fraction of sp³-hybridized carbons (Fsp3) is 0.167. The Hall–Kier alpha value is -1.44. The molecular formula is C12H11ClN2OS. The van der Waals surface area contributed by atoms with Gasteiger partial charge < -0.3 is 5.73 Å². The summed E-state index contributed by atoms with van der Waals surface area (Å²) in [4.78, 5) is 11.2. The summed E-state index contributed by atoms with van der Waals surface area (Å²) in [5.41, 5.74) is 6.18. The molecule has 1 amide bonds. The Kier molecular flexibility index (Phi) is 4.62. The Labute approximate surface area is 110 Å². The molecule has 1 aromatic carbocycles. The Balaban J connectivity index is 3.16. The van der Waals surface area contributed by atoms with Crippen LogP contribution in [0.2, 0.25) is 5.02 Å². The van der Waals surface area contributed by atoms with Gasteiger partial charge in [0.05, 0.1) is 11.3 Å². The van der Waals surface area contributed by atoms with E-state index in [4.69, 9.17) is 22.6 Å². The van der Waals surface area contributed by atoms with E-state index < -0.39 is 17.1 Å². The number of halogens is 1. The third-order valence-corrected chi connectivity index (χ3v) is 3.16. The predicted octanol–water partition coefficient (Wildman–Crippen LogP) is 2.29. The molecule has 0 saturated heterocycles. The molecule has 0 aromatic heterocycles. The van der Waals surface area contributed by atoms with E-state index in [0.717, 1.165) is 5.56 Å². The number of primary amides is 1. The molecule has 0 heterocycles. The normalized spacial score (nSPS) is 13.5. The monoisotopic (exact) mass is 266 g/mol. The zero-order valence-corrected chi connectivity index (χ0v) is 10.6. The lowest BCUT2D eigenvalue weighted by Crippen LogP contribution is -2.30. The third-order valence-electron chi connectivity index (χ3n) is 2.36. The number of nitriles is 1. The van der Waals surface area contributed by atoms with Crippen LogP contribution in [-0.2, 0) is 4.79 Å². The van der Waals surface area contributed by atoms with E-state index in [-0.39, 0.29) is 5.57 Å². The second-order valence-corrected chi connectivity index (χ2v) is 4.51. The van der Waals surface area contributed by atoms with Gasteiger partial charge in [-0.1, -0.05) is 30.3 Å². The van der Waals surface area contributed by atoms with Crippen LogP contribution in [0.4, 0.5) is 0 Å². The van der Waals surface area contributed by atoms with Crippen molar-refractivity contribution in [1.82, 2.24) is 0 Å². The second-order valence-electron chi connectivity index (χ2n) is 3.51. The van der Waals surface area contributed by atoms with Gasteiger partial charge in [-0.3, -0.25) is 4.79 Å². The molecule has 0 aliphatic heterocycles. The highest BCUT2D eigenvalue weighted by atomic mass is 35.5. The van der Waals surface area contributed by atoms with Crippen molar-refractivity contribution in [2.45, 2.75) is 11.2 Å². The van der Waals surface area contributed by atoms with Crippen LogP contribution in [0.1, 0.15) is 11.5 Å². The number of amides is 1. The number of hydrogen-bond donors (Lipinski definition) is 2. The lowest BCUT2D eigenvalue weighted by molar-refractivity contribution is -0.117. The Morgan fingerprint density at radius 1 is 1.47 bits per heavy atom. The van der Waals surface area contributed by atoms with Gasteiger partial charge in [-0.2, -0.15) is 17.9 Å². The first-order valence-electron chi connectivity index (χ1n) is 4.79. The largest absolute Gasteiger partial charge is 0.369 e. The smallest absolute Gasteiger partial charge is 0.231 e. The average Bonchev–Trinajstić information content (AvgIpc) is 2.31. The van der Waals surface area contributed by atoms with Crippen molar-refractivity contribution >= 4 is 30.1 Å². The number of nitrogens with two attached hydrogens (primary N) is 1. The molecule has 0 spiro atoms. The topological polar surface area (TPSA) is 66.9 Å². The minimum atomic E-state index is -0.789. The van der Waals surface area contributed by atoms with Gasteiger partial charge in [-0.25, -0.2) is 0 Å². The molecule has 0 aliphatic carbocycles. The van der Waals surface area contributed by atoms with Crippen molar-refractivity contribution < 1.29 is 4.79 Å². The lowest BCUT2D eigenvalue weighted by atomic mass is 9.89. The molecule has 0 saturated carbocycles. The van der Waals surface area contributed by atoms with Crippen LogP contribution in [0.3, 0.4) is 0 Å². The van der Waals surface area contributed by atoms with Gasteiger partial charge in [0, 0.05) is 16.5 Å². The van der Waals surface area contributed by atoms with Gasteiger partial charge in [-0.05, 0) is 17.7 Å². The molecule has 1 aromatic rings. The number of nitrogens with zero attached hydrogens (tertiary/aromatic N) is 1. The summed E-state index contributed by atoms with van der Waals surface area (Å²) in [5.74, 6) is -1.12. The molecule has 88 valence electrons. The van der Waals surface area contributed by atoms with E-state index in [1.54, 1.807) is 24.3 Å². The third kappa shape index (κ3) is 3.26. The highest BCUT2D eigenvalue weighted by molar-refractivity contribution is 7.81. The average molecular weight is 267 g/mol. The standard InChI is InChI=1S/C12H11ClN2OS/c1-7(6-14)10(11(17)12(15)16)8-2-4-9(13)5-3-8/h2-5,10-11,17H,1H2,(H2,15,16)/t10-,11-/m1/s1. The maximum atomic E-state index is 11.2. The fourth-order valence-corrected chi connectivity index (χ4v) is 1.96. The number of rotatable bonds is 4. The minimum Gasteiger partial charge on any atom is -0.369 e. The van der Waals surface area contributed by atoms with Crippen molar-refractivity contribution in [3.05, 3.63) is 47.0 Å². The molecule has 0 fully saturated rings. The van der Waals surface area contributed by atoms with Gasteiger partial charge in [0.15, 0.2) is 0 Å². The molecule has 3 nitrogen and oxygen atoms in total. The summed E-state index contributed by atoms with van der Waals surface area (Å²) in [6.07, 6.45) is 0. The maximum Gasteiger partial charge on any atom is 0.231 e. The van der Waals surface area contributed by atoms with E-state index in [1.165, 1.54) is 0 Å². The second kappa shape index (κ2) is 5.76. The molecule has 0 radical (unpaired) electrons. The molecule has 1 rings (SSSR count). The molecule has 2 N–H and O–H groups in total. The molecule has 0 unspecified atom stereocenters. The highest BCUT2D eigenvalue weighted by Gasteiger charge is 2.27. The van der Waals surface area contributed by atoms with Crippen molar-refractivity contribution in [2.24, 2.45) is 5.73 Å². The van der Waals surface area contributed by atoms with Gasteiger partial charge >= 0.3 is 0 Å². The molecule has 2 atom stereocenters. The van der Waals surface area contributed by atoms with Crippen LogP contribution in [-0.4, -0.2) is 11.2 Å². The Morgan fingerprint density at radius 2 is 2.00 bits per heavy atom. The van der Waals surface area contributed by atoms with E-state index in [2.05, 4.69) is 19.2 Å². The minimum absolute atomic E-state index is 0.242. The predicted molar refractivity (Wildman–Crippen MR) is 70.9 cm³/mol. The number of carbonyl (C=O) groups is 1. The first kappa shape index (κ1) is 13.6. The van der Waals surface area contributed by atoms with Crippen LogP contribution in [0.15, 0.2) is 36.4 Å². The van der Waals surface area contributed by atoms with Gasteiger partial charge in [0.1, 0.15) is 0 Å². The summed E-state index contributed by atoms with van der Waals surface area (Å²) in [7, 11) is 0. The lowest BCUT2D eigenvalue weighted by Gasteiger charge is -2.20. The van der Waals surface area contributed by atoms with E-state index in [1.807, 2.05) is 6.07 Å². The first-order chi connectivity index (χ1) is 7.97. The number of benzene rings is 1. The molecule has 0 aliphatic rings. The molecular weight excluding hydrogens is 256 g/mol. The van der Waals surface area contributed by atoms with Crippen LogP contribution in [0, 0.1) is 11.3 Å². The number of thiol groups is 1. The van der Waals surface area contributed by atoms with Crippen LogP contribution in [0.5, 0.6) is 0 Å². The van der Waals surface area contributed by atoms with Crippen LogP contribution < -0.4 is 5.73 Å². The fourth-order valence-electron chi connectivity index (χ4n) is 1.48. The van der Waals surface area contributed by atoms with E-state index in [9.17, 15) is 4.79 Å². The zero-order valence-electron chi connectivity index (χ0n) is 8.93. The summed E-state index contributed by atoms with van der Waals surface area (Å²) >= 11 is 9.90. The van der Waals surface area contributed by atoms with E-state index >= 15 is 0 Å². The first-order valence-corrected chi connectivity index (χ1v) is 5.68. The summed E-state index contributed by atoms with van der Waals surface area (Å²) in [6, 6.07) is 8.73. The maximum absolute atomic E-state index is 11.2. The van der Waals surface area contributed by atoms with E-state index in [0.29, 0.717) is 5.02 Å². The Morgan fingerprint density at radius 3 is 2.41 bits per heavy atom. The van der Waals surface area contributed by atoms with Crippen LogP contribution in [0.25, 0.3) is 0 Å². The zero-order chi connectivity index (χ0) is 13.0. The number of hydrogen-bond acceptors (Lipinski definition) is 3. The SMILES string of the molecule is C=C(C#N)[C@H](c1ccc(Cl)cc1)[C@@H](S)C(N)=O. The Bertz CT molecular complexity index is 478. The van der Waals surface area contributed by atoms with Gasteiger partial charge in [0.2, 0.25) is 5.91 Å². The van der Waals surface area contributed by atoms with Gasteiger partial charge in [-0.15, -0.1) is 0 Å². The van der Waals surface area contributed by atoms with Crippen molar-refractivity contribution in [3.63, 3.8) is 0 Å². The van der Waals surface area contributed by atoms with Crippen LogP contribution >= 0.6 is 24.2 Å². The molecule has 17 heavy (non-hydrogen) atoms. The summed E-state index contributed by atoms with van der Waals surface area (Å²) < 4.78 is 0. The summed E-state index contributed by atoms with van der Waals surface area (Å²) in [6.45, 7) is 3.63. The highest BCUT2D eigenvalue weighted by Crippen LogP contribution is 2.30. The van der Waals surface area contributed by atoms with Gasteiger partial charge in [0.25, 0.3) is 0 Å².